The van der Waals surface area contributed by atoms with Crippen molar-refractivity contribution in [1.82, 2.24) is 9.97 Å². The van der Waals surface area contributed by atoms with Gasteiger partial charge in [0.2, 0.25) is 5.95 Å². The molecule has 0 aliphatic carbocycles. The second kappa shape index (κ2) is 5.14. The minimum atomic E-state index is -3.24. The Bertz CT molecular complexity index is 702. The van der Waals surface area contributed by atoms with Crippen molar-refractivity contribution in [2.24, 2.45) is 0 Å². The van der Waals surface area contributed by atoms with E-state index in [0.717, 1.165) is 24.2 Å². The molecule has 2 aromatic rings. The number of nitrogens with two attached hydrogens (primary N) is 1. The normalized spacial score (nSPS) is 11.5. The number of anilines is 1. The maximum absolute atomic E-state index is 13.4. The van der Waals surface area contributed by atoms with Crippen LogP contribution in [0.4, 0.5) is 10.3 Å². The maximum Gasteiger partial charge on any atom is 0.221 e. The van der Waals surface area contributed by atoms with Crippen LogP contribution in [0, 0.1) is 5.82 Å². The van der Waals surface area contributed by atoms with Gasteiger partial charge in [-0.25, -0.2) is 22.8 Å². The van der Waals surface area contributed by atoms with Gasteiger partial charge in [-0.3, -0.25) is 0 Å². The van der Waals surface area contributed by atoms with Gasteiger partial charge in [0, 0.05) is 11.2 Å². The molecule has 0 radical (unpaired) electrons. The summed E-state index contributed by atoms with van der Waals surface area (Å²) in [7, 11) is -3.24. The zero-order valence-electron chi connectivity index (χ0n) is 9.87. The van der Waals surface area contributed by atoms with Crippen LogP contribution in [-0.2, 0) is 9.84 Å². The summed E-state index contributed by atoms with van der Waals surface area (Å²) >= 11 is 1.05. The van der Waals surface area contributed by atoms with E-state index in [1.54, 1.807) is 12.1 Å². The third-order valence-corrected chi connectivity index (χ3v) is 4.31. The van der Waals surface area contributed by atoms with Crippen molar-refractivity contribution in [3.8, 4) is 0 Å². The molecule has 0 atom stereocenters. The van der Waals surface area contributed by atoms with E-state index in [1.807, 2.05) is 0 Å². The SMILES string of the molecule is CS(=O)(=O)c1ccc(Sc2nc(N)ncc2F)cc1. The summed E-state index contributed by atoms with van der Waals surface area (Å²) in [5, 5.41) is 0.0969. The highest BCUT2D eigenvalue weighted by Gasteiger charge is 2.10. The molecule has 0 saturated carbocycles. The number of benzene rings is 1. The standard InChI is InChI=1S/C11H10FN3O2S2/c1-19(16,17)8-4-2-7(3-5-8)18-10-9(12)6-14-11(13)15-10/h2-6H,1H3,(H2,13,14,15). The largest absolute Gasteiger partial charge is 0.368 e. The minimum absolute atomic E-state index is 0.0170. The number of hydrogen-bond donors (Lipinski definition) is 1. The summed E-state index contributed by atoms with van der Waals surface area (Å²) in [5.41, 5.74) is 5.38. The third kappa shape index (κ3) is 3.42. The molecular formula is C11H10FN3O2S2. The van der Waals surface area contributed by atoms with Gasteiger partial charge in [0.25, 0.3) is 0 Å². The Morgan fingerprint density at radius 3 is 2.47 bits per heavy atom. The first-order chi connectivity index (χ1) is 8.86. The van der Waals surface area contributed by atoms with Gasteiger partial charge < -0.3 is 5.73 Å². The van der Waals surface area contributed by atoms with Crippen LogP contribution in [0.5, 0.6) is 0 Å². The summed E-state index contributed by atoms with van der Waals surface area (Å²) in [6.07, 6.45) is 2.12. The number of halogens is 1. The Morgan fingerprint density at radius 1 is 1.26 bits per heavy atom. The number of nitrogens with zero attached hydrogens (tertiary/aromatic N) is 2. The van der Waals surface area contributed by atoms with E-state index in [1.165, 1.54) is 12.1 Å². The summed E-state index contributed by atoms with van der Waals surface area (Å²) < 4.78 is 36.0. The molecule has 0 saturated heterocycles. The van der Waals surface area contributed by atoms with E-state index < -0.39 is 15.7 Å². The van der Waals surface area contributed by atoms with Crippen LogP contribution in [0.2, 0.25) is 0 Å². The van der Waals surface area contributed by atoms with Crippen LogP contribution in [0.3, 0.4) is 0 Å². The molecule has 1 aromatic heterocycles. The molecule has 8 heteroatoms. The Kier molecular flexibility index (Phi) is 3.72. The first kappa shape index (κ1) is 13.8. The minimum Gasteiger partial charge on any atom is -0.368 e. The molecule has 19 heavy (non-hydrogen) atoms. The van der Waals surface area contributed by atoms with Crippen LogP contribution in [-0.4, -0.2) is 24.6 Å². The maximum atomic E-state index is 13.4. The van der Waals surface area contributed by atoms with Crippen molar-refractivity contribution in [2.45, 2.75) is 14.8 Å². The topological polar surface area (TPSA) is 85.9 Å². The monoisotopic (exact) mass is 299 g/mol. The molecular weight excluding hydrogens is 289 g/mol. The van der Waals surface area contributed by atoms with E-state index in [-0.39, 0.29) is 15.9 Å². The van der Waals surface area contributed by atoms with Crippen molar-refractivity contribution in [3.63, 3.8) is 0 Å². The fourth-order valence-electron chi connectivity index (χ4n) is 1.30. The Labute approximate surface area is 114 Å². The van der Waals surface area contributed by atoms with Crippen LogP contribution in [0.25, 0.3) is 0 Å². The predicted molar refractivity (Wildman–Crippen MR) is 70.1 cm³/mol. The average Bonchev–Trinajstić information content (AvgIpc) is 2.33. The Balaban J connectivity index is 2.27. The van der Waals surface area contributed by atoms with Crippen LogP contribution < -0.4 is 5.73 Å². The van der Waals surface area contributed by atoms with Gasteiger partial charge >= 0.3 is 0 Å². The number of nitrogen functional groups attached to an aromatic ring is 1. The molecule has 0 aliphatic heterocycles. The van der Waals surface area contributed by atoms with Crippen LogP contribution >= 0.6 is 11.8 Å². The highest BCUT2D eigenvalue weighted by Crippen LogP contribution is 2.28. The highest BCUT2D eigenvalue weighted by molar-refractivity contribution is 7.99. The summed E-state index contributed by atoms with van der Waals surface area (Å²) in [6.45, 7) is 0. The number of sulfone groups is 1. The van der Waals surface area contributed by atoms with Crippen LogP contribution in [0.1, 0.15) is 0 Å². The van der Waals surface area contributed by atoms with Gasteiger partial charge in [-0.2, -0.15) is 0 Å². The fourth-order valence-corrected chi connectivity index (χ4v) is 2.72. The number of rotatable bonds is 3. The van der Waals surface area contributed by atoms with Gasteiger partial charge in [0.1, 0.15) is 5.03 Å². The van der Waals surface area contributed by atoms with Crippen molar-refractivity contribution in [2.75, 3.05) is 12.0 Å². The second-order valence-electron chi connectivity index (χ2n) is 3.73. The zero-order valence-corrected chi connectivity index (χ0v) is 11.5. The lowest BCUT2D eigenvalue weighted by atomic mass is 10.4. The lowest BCUT2D eigenvalue weighted by molar-refractivity contribution is 0.580. The first-order valence-electron chi connectivity index (χ1n) is 5.12. The molecule has 0 aliphatic rings. The van der Waals surface area contributed by atoms with Gasteiger partial charge in [-0.1, -0.05) is 11.8 Å². The summed E-state index contributed by atoms with van der Waals surface area (Å²) in [5.74, 6) is -0.594. The Morgan fingerprint density at radius 2 is 1.89 bits per heavy atom. The van der Waals surface area contributed by atoms with Crippen molar-refractivity contribution in [1.29, 1.82) is 0 Å². The molecule has 0 fully saturated rings. The van der Waals surface area contributed by atoms with Crippen molar-refractivity contribution in [3.05, 3.63) is 36.3 Å². The zero-order chi connectivity index (χ0) is 14.0. The van der Waals surface area contributed by atoms with E-state index >= 15 is 0 Å². The summed E-state index contributed by atoms with van der Waals surface area (Å²) in [6, 6.07) is 6.08. The molecule has 2 rings (SSSR count). The smallest absolute Gasteiger partial charge is 0.221 e. The van der Waals surface area contributed by atoms with Crippen LogP contribution in [0.15, 0.2) is 45.3 Å². The molecule has 5 nitrogen and oxygen atoms in total. The van der Waals surface area contributed by atoms with Gasteiger partial charge in [0.05, 0.1) is 11.1 Å². The molecule has 0 unspecified atom stereocenters. The molecule has 1 aromatic carbocycles. The molecule has 0 amide bonds. The van der Waals surface area contributed by atoms with E-state index in [0.29, 0.717) is 4.90 Å². The second-order valence-corrected chi connectivity index (χ2v) is 6.80. The van der Waals surface area contributed by atoms with E-state index in [4.69, 9.17) is 5.73 Å². The average molecular weight is 299 g/mol. The van der Waals surface area contributed by atoms with E-state index in [9.17, 15) is 12.8 Å². The first-order valence-corrected chi connectivity index (χ1v) is 7.83. The number of hydrogen-bond acceptors (Lipinski definition) is 6. The molecule has 0 spiro atoms. The quantitative estimate of drug-likeness (QED) is 0.869. The number of aromatic nitrogens is 2. The molecule has 0 bridgehead atoms. The molecule has 100 valence electrons. The molecule has 2 N–H and O–H groups in total. The lowest BCUT2D eigenvalue weighted by Crippen LogP contribution is -1.98. The van der Waals surface area contributed by atoms with Gasteiger partial charge in [0.15, 0.2) is 15.7 Å². The van der Waals surface area contributed by atoms with Crippen molar-refractivity contribution < 1.29 is 12.8 Å². The van der Waals surface area contributed by atoms with Gasteiger partial charge in [-0.05, 0) is 24.3 Å². The van der Waals surface area contributed by atoms with Gasteiger partial charge in [-0.15, -0.1) is 0 Å². The van der Waals surface area contributed by atoms with Crippen molar-refractivity contribution >= 4 is 27.5 Å². The fraction of sp³-hybridized carbons (Fsp3) is 0.0909. The Hall–Kier alpha value is -1.67. The third-order valence-electron chi connectivity index (χ3n) is 2.20. The van der Waals surface area contributed by atoms with E-state index in [2.05, 4.69) is 9.97 Å². The highest BCUT2D eigenvalue weighted by atomic mass is 32.2. The lowest BCUT2D eigenvalue weighted by Gasteiger charge is -2.04. The summed E-state index contributed by atoms with van der Waals surface area (Å²) in [4.78, 5) is 8.17. The molecule has 1 heterocycles. The predicted octanol–water partition coefficient (Wildman–Crippen LogP) is 1.75.